The molecule has 6 nitrogen and oxygen atoms in total. The summed E-state index contributed by atoms with van der Waals surface area (Å²) in [4.78, 5) is 15.2. The Labute approximate surface area is 324 Å². The van der Waals surface area contributed by atoms with Crippen molar-refractivity contribution in [3.63, 3.8) is 0 Å². The van der Waals surface area contributed by atoms with Gasteiger partial charge >= 0.3 is 0 Å². The molecule has 0 atom stereocenters. The molecule has 0 saturated heterocycles. The Hall–Kier alpha value is -7.83. The maximum atomic E-state index is 6.91. The molecule has 0 bridgehead atoms. The van der Waals surface area contributed by atoms with Crippen LogP contribution in [-0.2, 0) is 0 Å². The highest BCUT2D eigenvalue weighted by atomic mass is 16.3. The van der Waals surface area contributed by atoms with Gasteiger partial charge < -0.3 is 13.4 Å². The van der Waals surface area contributed by atoms with E-state index in [9.17, 15) is 0 Å². The lowest BCUT2D eigenvalue weighted by Crippen LogP contribution is -2.01. The molecule has 0 spiro atoms. The van der Waals surface area contributed by atoms with E-state index in [4.69, 9.17) is 19.4 Å². The number of aromatic nitrogens is 5. The van der Waals surface area contributed by atoms with Crippen molar-refractivity contribution in [2.24, 2.45) is 0 Å². The Morgan fingerprint density at radius 2 is 0.912 bits per heavy atom. The van der Waals surface area contributed by atoms with E-state index in [1.165, 1.54) is 54.4 Å². The van der Waals surface area contributed by atoms with E-state index < -0.39 is 0 Å². The normalized spacial score (nSPS) is 12.2. The molecule has 0 N–H and O–H groups in total. The van der Waals surface area contributed by atoms with Crippen LogP contribution in [-0.4, -0.2) is 23.9 Å². The van der Waals surface area contributed by atoms with E-state index >= 15 is 0 Å². The number of nitrogens with zero attached hydrogens (tertiary/aromatic N) is 5. The van der Waals surface area contributed by atoms with Crippen molar-refractivity contribution in [1.82, 2.24) is 23.9 Å². The first kappa shape index (κ1) is 30.5. The van der Waals surface area contributed by atoms with Gasteiger partial charge in [-0.3, -0.25) is 0 Å². The lowest BCUT2D eigenvalue weighted by molar-refractivity contribution is 0.669. The Bertz CT molecular complexity index is 3690. The number of hydrogen-bond donors (Lipinski definition) is 0. The zero-order chi connectivity index (χ0) is 37.2. The average Bonchev–Trinajstić information content (AvgIpc) is 4.02. The summed E-state index contributed by atoms with van der Waals surface area (Å²) in [6.07, 6.45) is 0. The topological polar surface area (TPSA) is 61.2 Å². The van der Waals surface area contributed by atoms with E-state index in [2.05, 4.69) is 112 Å². The van der Waals surface area contributed by atoms with Gasteiger partial charge in [0.2, 0.25) is 0 Å². The van der Waals surface area contributed by atoms with Crippen molar-refractivity contribution in [2.45, 2.75) is 0 Å². The Kier molecular flexibility index (Phi) is 6.07. The molecule has 13 rings (SSSR count). The molecule has 6 heteroatoms. The standard InChI is InChI=1S/C51H29N5O/c1-3-15-30(16-4-1)49-52-50(31-17-5-2-6-18-31)54-51(53-49)36-27-28-42(44-35-22-10-14-26-43(35)57-48(36)44)56-40-24-12-8-20-33(40)38-29-37-32-19-7-11-23-39(32)55-41-25-13-9-21-34(41)45(46(37)55)47(38)56/h1-29H. The Morgan fingerprint density at radius 1 is 0.386 bits per heavy atom. The summed E-state index contributed by atoms with van der Waals surface area (Å²) in [6, 6.07) is 61.7. The summed E-state index contributed by atoms with van der Waals surface area (Å²) in [5.74, 6) is 1.77. The van der Waals surface area contributed by atoms with Gasteiger partial charge in [0.25, 0.3) is 0 Å². The Morgan fingerprint density at radius 3 is 1.61 bits per heavy atom. The van der Waals surface area contributed by atoms with Crippen molar-refractivity contribution in [2.75, 3.05) is 0 Å². The van der Waals surface area contributed by atoms with Crippen LogP contribution in [0, 0.1) is 0 Å². The van der Waals surface area contributed by atoms with Gasteiger partial charge in [0.15, 0.2) is 17.5 Å². The van der Waals surface area contributed by atoms with Crippen LogP contribution in [0.25, 0.3) is 122 Å². The fraction of sp³-hybridized carbons (Fsp3) is 0. The third-order valence-corrected chi connectivity index (χ3v) is 11.7. The molecule has 0 saturated carbocycles. The minimum absolute atomic E-state index is 0.555. The number of rotatable bonds is 4. The zero-order valence-corrected chi connectivity index (χ0v) is 30.4. The maximum absolute atomic E-state index is 6.91. The van der Waals surface area contributed by atoms with Gasteiger partial charge in [-0.1, -0.05) is 133 Å². The fourth-order valence-electron chi connectivity index (χ4n) is 9.31. The predicted molar refractivity (Wildman–Crippen MR) is 232 cm³/mol. The minimum Gasteiger partial charge on any atom is -0.455 e. The molecular formula is C51H29N5O. The van der Waals surface area contributed by atoms with Crippen LogP contribution >= 0.6 is 0 Å². The van der Waals surface area contributed by atoms with Crippen LogP contribution in [0.2, 0.25) is 0 Å². The van der Waals surface area contributed by atoms with Crippen LogP contribution in [0.4, 0.5) is 0 Å². The van der Waals surface area contributed by atoms with Crippen LogP contribution in [0.5, 0.6) is 0 Å². The molecule has 0 aliphatic carbocycles. The van der Waals surface area contributed by atoms with Crippen molar-refractivity contribution < 1.29 is 4.42 Å². The molecule has 264 valence electrons. The predicted octanol–water partition coefficient (Wildman–Crippen LogP) is 13.0. The summed E-state index contributed by atoms with van der Waals surface area (Å²) in [6.45, 7) is 0. The second-order valence-corrected chi connectivity index (χ2v) is 14.7. The van der Waals surface area contributed by atoms with E-state index in [-0.39, 0.29) is 0 Å². The Balaban J connectivity index is 1.18. The molecule has 0 aliphatic rings. The van der Waals surface area contributed by atoms with Gasteiger partial charge in [0.1, 0.15) is 11.2 Å². The van der Waals surface area contributed by atoms with Crippen LogP contribution in [0.3, 0.4) is 0 Å². The molecule has 5 aromatic heterocycles. The van der Waals surface area contributed by atoms with Gasteiger partial charge in [-0.15, -0.1) is 0 Å². The third-order valence-electron chi connectivity index (χ3n) is 11.7. The quantitative estimate of drug-likeness (QED) is 0.181. The molecule has 0 unspecified atom stereocenters. The fourth-order valence-corrected chi connectivity index (χ4v) is 9.31. The summed E-state index contributed by atoms with van der Waals surface area (Å²) in [5.41, 5.74) is 11.2. The first-order chi connectivity index (χ1) is 28.3. The number of fused-ring (bicyclic) bond motifs is 13. The molecule has 0 amide bonds. The van der Waals surface area contributed by atoms with Gasteiger partial charge in [-0.05, 0) is 42.5 Å². The highest BCUT2D eigenvalue weighted by Crippen LogP contribution is 2.48. The average molecular weight is 728 g/mol. The first-order valence-corrected chi connectivity index (χ1v) is 19.2. The van der Waals surface area contributed by atoms with Crippen LogP contribution in [0.15, 0.2) is 180 Å². The number of benzene rings is 8. The number of hydrogen-bond acceptors (Lipinski definition) is 4. The minimum atomic E-state index is 0.555. The van der Waals surface area contributed by atoms with Crippen molar-refractivity contribution in [3.05, 3.63) is 176 Å². The van der Waals surface area contributed by atoms with Gasteiger partial charge in [0.05, 0.1) is 44.2 Å². The molecule has 0 fully saturated rings. The monoisotopic (exact) mass is 727 g/mol. The highest BCUT2D eigenvalue weighted by Gasteiger charge is 2.27. The third kappa shape index (κ3) is 4.16. The first-order valence-electron chi connectivity index (χ1n) is 19.2. The van der Waals surface area contributed by atoms with Gasteiger partial charge in [-0.2, -0.15) is 0 Å². The molecule has 5 heterocycles. The van der Waals surface area contributed by atoms with Crippen molar-refractivity contribution >= 4 is 81.8 Å². The van der Waals surface area contributed by atoms with Gasteiger partial charge in [0, 0.05) is 48.8 Å². The van der Waals surface area contributed by atoms with Crippen molar-refractivity contribution in [3.8, 4) is 39.9 Å². The van der Waals surface area contributed by atoms with Gasteiger partial charge in [-0.25, -0.2) is 15.0 Å². The SMILES string of the molecule is c1ccc(-c2nc(-c3ccccc3)nc(-c3ccc(-n4c5ccccc5c5cc6c7ccccc7n7c8ccccc8c(c54)c67)c4c3oc3ccccc34)n2)cc1. The van der Waals surface area contributed by atoms with Crippen LogP contribution < -0.4 is 0 Å². The van der Waals surface area contributed by atoms with Crippen LogP contribution in [0.1, 0.15) is 0 Å². The molecule has 0 radical (unpaired) electrons. The molecule has 8 aromatic carbocycles. The van der Waals surface area contributed by atoms with E-state index in [0.717, 1.165) is 49.8 Å². The van der Waals surface area contributed by atoms with E-state index in [1.807, 2.05) is 72.8 Å². The van der Waals surface area contributed by atoms with E-state index in [0.29, 0.717) is 17.5 Å². The summed E-state index contributed by atoms with van der Waals surface area (Å²) >= 11 is 0. The highest BCUT2D eigenvalue weighted by molar-refractivity contribution is 6.34. The number of para-hydroxylation sites is 4. The second-order valence-electron chi connectivity index (χ2n) is 14.7. The second kappa shape index (κ2) is 11.4. The smallest absolute Gasteiger partial charge is 0.167 e. The summed E-state index contributed by atoms with van der Waals surface area (Å²) in [7, 11) is 0. The zero-order valence-electron chi connectivity index (χ0n) is 30.4. The lowest BCUT2D eigenvalue weighted by atomic mass is 10.0. The molecule has 0 aliphatic heterocycles. The van der Waals surface area contributed by atoms with Crippen molar-refractivity contribution in [1.29, 1.82) is 0 Å². The molecule has 13 aromatic rings. The maximum Gasteiger partial charge on any atom is 0.167 e. The summed E-state index contributed by atoms with van der Waals surface area (Å²) in [5, 5.41) is 9.46. The summed E-state index contributed by atoms with van der Waals surface area (Å²) < 4.78 is 11.8. The van der Waals surface area contributed by atoms with E-state index in [1.54, 1.807) is 0 Å². The molecular weight excluding hydrogens is 699 g/mol. The number of furan rings is 1. The molecule has 57 heavy (non-hydrogen) atoms. The lowest BCUT2D eigenvalue weighted by Gasteiger charge is -2.13. The largest absolute Gasteiger partial charge is 0.455 e.